The lowest BCUT2D eigenvalue weighted by molar-refractivity contribution is 0.0921. The Labute approximate surface area is 151 Å². The summed E-state index contributed by atoms with van der Waals surface area (Å²) in [7, 11) is 0. The number of carbonyl (C=O) groups excluding carboxylic acids is 1. The second kappa shape index (κ2) is 9.66. The smallest absolute Gasteiger partial charge is 0.251 e. The minimum absolute atomic E-state index is 0.0526. The Morgan fingerprint density at radius 1 is 1.12 bits per heavy atom. The van der Waals surface area contributed by atoms with E-state index in [1.54, 1.807) is 6.07 Å². The van der Waals surface area contributed by atoms with Crippen molar-refractivity contribution in [1.29, 1.82) is 0 Å². The molecule has 1 aliphatic rings. The van der Waals surface area contributed by atoms with E-state index in [0.29, 0.717) is 36.8 Å². The molecule has 0 spiro atoms. The summed E-state index contributed by atoms with van der Waals surface area (Å²) in [6.07, 6.45) is 4.02. The minimum atomic E-state index is -0.0526. The van der Waals surface area contributed by atoms with Crippen molar-refractivity contribution in [2.45, 2.75) is 46.5 Å². The van der Waals surface area contributed by atoms with Gasteiger partial charge in [-0.05, 0) is 62.4 Å². The molecule has 2 rings (SSSR count). The second-order valence-electron chi connectivity index (χ2n) is 7.10. The Kier molecular flexibility index (Phi) is 7.56. The Balaban J connectivity index is 2.02. The second-order valence-corrected chi connectivity index (χ2v) is 7.10. The number of ether oxygens (including phenoxy) is 2. The molecule has 140 valence electrons. The van der Waals surface area contributed by atoms with E-state index in [1.165, 1.54) is 0 Å². The van der Waals surface area contributed by atoms with E-state index in [0.717, 1.165) is 38.8 Å². The van der Waals surface area contributed by atoms with Crippen LogP contribution in [0.3, 0.4) is 0 Å². The molecule has 1 heterocycles. The number of nitrogens with one attached hydrogen (secondary N) is 2. The normalized spacial score (nSPS) is 16.3. The number of benzene rings is 1. The third kappa shape index (κ3) is 5.92. The van der Waals surface area contributed by atoms with Crippen molar-refractivity contribution < 1.29 is 14.3 Å². The molecule has 1 aliphatic heterocycles. The van der Waals surface area contributed by atoms with Crippen LogP contribution in [-0.4, -0.2) is 38.8 Å². The topological polar surface area (TPSA) is 59.6 Å². The van der Waals surface area contributed by atoms with Gasteiger partial charge in [0, 0.05) is 12.1 Å². The van der Waals surface area contributed by atoms with Gasteiger partial charge >= 0.3 is 0 Å². The zero-order valence-electron chi connectivity index (χ0n) is 15.8. The molecule has 1 aromatic rings. The van der Waals surface area contributed by atoms with E-state index in [9.17, 15) is 4.79 Å². The van der Waals surface area contributed by atoms with Gasteiger partial charge in [0.15, 0.2) is 11.5 Å². The molecule has 1 aromatic carbocycles. The summed E-state index contributed by atoms with van der Waals surface area (Å²) in [5.41, 5.74) is 0.791. The van der Waals surface area contributed by atoms with Crippen LogP contribution in [0.5, 0.6) is 11.5 Å². The molecule has 0 atom stereocenters. The average molecular weight is 348 g/mol. The highest BCUT2D eigenvalue weighted by Gasteiger charge is 2.27. The highest BCUT2D eigenvalue weighted by molar-refractivity contribution is 5.94. The van der Waals surface area contributed by atoms with E-state index in [2.05, 4.69) is 31.4 Å². The quantitative estimate of drug-likeness (QED) is 0.718. The summed E-state index contributed by atoms with van der Waals surface area (Å²) in [4.78, 5) is 12.6. The third-order valence-electron chi connectivity index (χ3n) is 4.62. The number of piperidine rings is 1. The van der Waals surface area contributed by atoms with E-state index in [-0.39, 0.29) is 11.3 Å². The summed E-state index contributed by atoms with van der Waals surface area (Å²) < 4.78 is 11.5. The molecule has 0 aromatic heterocycles. The highest BCUT2D eigenvalue weighted by Crippen LogP contribution is 2.30. The van der Waals surface area contributed by atoms with Crippen molar-refractivity contribution in [1.82, 2.24) is 10.6 Å². The molecule has 5 nitrogen and oxygen atoms in total. The third-order valence-corrected chi connectivity index (χ3v) is 4.62. The Morgan fingerprint density at radius 2 is 1.76 bits per heavy atom. The van der Waals surface area contributed by atoms with Gasteiger partial charge in [-0.3, -0.25) is 4.79 Å². The SMILES string of the molecule is CCCOc1ccc(C(=O)NCC2(C)CCNCC2)cc1OCCC. The first-order chi connectivity index (χ1) is 12.1. The van der Waals surface area contributed by atoms with Gasteiger partial charge in [-0.2, -0.15) is 0 Å². The van der Waals surface area contributed by atoms with Crippen molar-refractivity contribution in [3.8, 4) is 11.5 Å². The van der Waals surface area contributed by atoms with Crippen LogP contribution in [0.2, 0.25) is 0 Å². The Hall–Kier alpha value is -1.75. The molecule has 0 bridgehead atoms. The van der Waals surface area contributed by atoms with E-state index < -0.39 is 0 Å². The summed E-state index contributed by atoms with van der Waals surface area (Å²) in [6.45, 7) is 10.4. The number of rotatable bonds is 9. The molecular weight excluding hydrogens is 316 g/mol. The van der Waals surface area contributed by atoms with Gasteiger partial charge < -0.3 is 20.1 Å². The number of hydrogen-bond acceptors (Lipinski definition) is 4. The van der Waals surface area contributed by atoms with E-state index in [4.69, 9.17) is 9.47 Å². The monoisotopic (exact) mass is 348 g/mol. The number of amides is 1. The van der Waals surface area contributed by atoms with Crippen molar-refractivity contribution in [2.75, 3.05) is 32.8 Å². The predicted molar refractivity (Wildman–Crippen MR) is 101 cm³/mol. The first kappa shape index (κ1) is 19.6. The first-order valence-electron chi connectivity index (χ1n) is 9.46. The van der Waals surface area contributed by atoms with Crippen LogP contribution in [0.1, 0.15) is 56.8 Å². The van der Waals surface area contributed by atoms with Gasteiger partial charge in [-0.15, -0.1) is 0 Å². The zero-order chi connectivity index (χ0) is 18.1. The molecule has 5 heteroatoms. The van der Waals surface area contributed by atoms with Crippen molar-refractivity contribution in [3.05, 3.63) is 23.8 Å². The maximum Gasteiger partial charge on any atom is 0.251 e. The van der Waals surface area contributed by atoms with Crippen molar-refractivity contribution in [2.24, 2.45) is 5.41 Å². The van der Waals surface area contributed by atoms with Gasteiger partial charge in [0.1, 0.15) is 0 Å². The van der Waals surface area contributed by atoms with Crippen LogP contribution >= 0.6 is 0 Å². The predicted octanol–water partition coefficient (Wildman–Crippen LogP) is 3.38. The number of hydrogen-bond donors (Lipinski definition) is 2. The molecule has 0 unspecified atom stereocenters. The summed E-state index contributed by atoms with van der Waals surface area (Å²) in [6, 6.07) is 5.44. The molecular formula is C20H32N2O3. The van der Waals surface area contributed by atoms with Crippen molar-refractivity contribution >= 4 is 5.91 Å². The molecule has 1 amide bonds. The fourth-order valence-corrected chi connectivity index (χ4v) is 2.91. The maximum atomic E-state index is 12.6. The minimum Gasteiger partial charge on any atom is -0.490 e. The van der Waals surface area contributed by atoms with Gasteiger partial charge in [0.2, 0.25) is 0 Å². The average Bonchev–Trinajstić information content (AvgIpc) is 2.63. The van der Waals surface area contributed by atoms with E-state index >= 15 is 0 Å². The standard InChI is InChI=1S/C20H32N2O3/c1-4-12-24-17-7-6-16(14-18(17)25-13-5-2)19(23)22-15-20(3)8-10-21-11-9-20/h6-7,14,21H,4-5,8-13,15H2,1-3H3,(H,22,23). The molecule has 0 radical (unpaired) electrons. The lowest BCUT2D eigenvalue weighted by Gasteiger charge is -2.34. The largest absolute Gasteiger partial charge is 0.490 e. The summed E-state index contributed by atoms with van der Waals surface area (Å²) in [5, 5.41) is 6.46. The molecule has 0 saturated carbocycles. The van der Waals surface area contributed by atoms with Crippen LogP contribution in [0.4, 0.5) is 0 Å². The molecule has 2 N–H and O–H groups in total. The summed E-state index contributed by atoms with van der Waals surface area (Å²) in [5.74, 6) is 1.30. The number of carbonyl (C=O) groups is 1. The Morgan fingerprint density at radius 3 is 2.40 bits per heavy atom. The van der Waals surface area contributed by atoms with Gasteiger partial charge in [-0.25, -0.2) is 0 Å². The molecule has 1 saturated heterocycles. The first-order valence-corrected chi connectivity index (χ1v) is 9.46. The maximum absolute atomic E-state index is 12.6. The lowest BCUT2D eigenvalue weighted by atomic mass is 9.81. The van der Waals surface area contributed by atoms with Gasteiger partial charge in [-0.1, -0.05) is 20.8 Å². The van der Waals surface area contributed by atoms with Crippen LogP contribution in [0, 0.1) is 5.41 Å². The van der Waals surface area contributed by atoms with Crippen LogP contribution in [-0.2, 0) is 0 Å². The fourth-order valence-electron chi connectivity index (χ4n) is 2.91. The van der Waals surface area contributed by atoms with E-state index in [1.807, 2.05) is 12.1 Å². The van der Waals surface area contributed by atoms with Gasteiger partial charge in [0.05, 0.1) is 13.2 Å². The molecule has 1 fully saturated rings. The van der Waals surface area contributed by atoms with Gasteiger partial charge in [0.25, 0.3) is 5.91 Å². The Bertz CT molecular complexity index is 554. The summed E-state index contributed by atoms with van der Waals surface area (Å²) >= 11 is 0. The molecule has 0 aliphatic carbocycles. The fraction of sp³-hybridized carbons (Fsp3) is 0.650. The highest BCUT2D eigenvalue weighted by atomic mass is 16.5. The van der Waals surface area contributed by atoms with Crippen molar-refractivity contribution in [3.63, 3.8) is 0 Å². The van der Waals surface area contributed by atoms with Crippen LogP contribution in [0.25, 0.3) is 0 Å². The lowest BCUT2D eigenvalue weighted by Crippen LogP contribution is -2.42. The molecule has 25 heavy (non-hydrogen) atoms. The van der Waals surface area contributed by atoms with Crippen LogP contribution < -0.4 is 20.1 Å². The van der Waals surface area contributed by atoms with Crippen LogP contribution in [0.15, 0.2) is 18.2 Å². The zero-order valence-corrected chi connectivity index (χ0v) is 15.8.